The minimum atomic E-state index is -3.78. The van der Waals surface area contributed by atoms with Crippen molar-refractivity contribution < 1.29 is 13.2 Å². The van der Waals surface area contributed by atoms with Crippen LogP contribution in [0.4, 0.5) is 5.13 Å². The van der Waals surface area contributed by atoms with Gasteiger partial charge in [-0.1, -0.05) is 41.2 Å². The van der Waals surface area contributed by atoms with E-state index in [0.717, 1.165) is 39.9 Å². The van der Waals surface area contributed by atoms with Gasteiger partial charge in [-0.05, 0) is 83.9 Å². The standard InChI is InChI=1S/C26H34N4O3S2/c1-18-9-13-21(14-10-18)35(32,33)30-17-6-8-22(30)25(31)29(16-7-15-28(4)5)26-27-23-19(2)11-12-20(3)24(23)34-26/h9-14,22H,6-8,15-17H2,1-5H3. The molecule has 0 aliphatic carbocycles. The molecule has 4 rings (SSSR count). The Morgan fingerprint density at radius 2 is 1.74 bits per heavy atom. The van der Waals surface area contributed by atoms with Crippen LogP contribution in [0.25, 0.3) is 10.2 Å². The SMILES string of the molecule is Cc1ccc(S(=O)(=O)N2CCCC2C(=O)N(CCCN(C)C)c2nc3c(C)ccc(C)c3s2)cc1. The highest BCUT2D eigenvalue weighted by molar-refractivity contribution is 7.89. The van der Waals surface area contributed by atoms with E-state index in [1.165, 1.54) is 15.6 Å². The third-order valence-electron chi connectivity index (χ3n) is 6.53. The van der Waals surface area contributed by atoms with Gasteiger partial charge in [0.2, 0.25) is 15.9 Å². The number of hydrogen-bond donors (Lipinski definition) is 0. The second-order valence-corrected chi connectivity index (χ2v) is 12.5. The lowest BCUT2D eigenvalue weighted by Crippen LogP contribution is -2.48. The van der Waals surface area contributed by atoms with Crippen molar-refractivity contribution in [3.63, 3.8) is 0 Å². The summed E-state index contributed by atoms with van der Waals surface area (Å²) in [6.45, 7) is 7.65. The number of nitrogens with zero attached hydrogens (tertiary/aromatic N) is 4. The van der Waals surface area contributed by atoms with E-state index in [1.807, 2.05) is 34.0 Å². The molecule has 7 nitrogen and oxygen atoms in total. The third kappa shape index (κ3) is 5.28. The number of sulfonamides is 1. The molecule has 2 aromatic carbocycles. The first-order chi connectivity index (χ1) is 16.6. The molecule has 0 N–H and O–H groups in total. The Labute approximate surface area is 212 Å². The lowest BCUT2D eigenvalue weighted by Gasteiger charge is -2.29. The maximum Gasteiger partial charge on any atom is 0.247 e. The molecule has 35 heavy (non-hydrogen) atoms. The molecule has 0 bridgehead atoms. The van der Waals surface area contributed by atoms with E-state index in [4.69, 9.17) is 4.98 Å². The molecular weight excluding hydrogens is 480 g/mol. The van der Waals surface area contributed by atoms with Crippen molar-refractivity contribution in [2.75, 3.05) is 38.6 Å². The van der Waals surface area contributed by atoms with Crippen molar-refractivity contribution in [2.45, 2.75) is 51.0 Å². The second kappa shape index (κ2) is 10.3. The van der Waals surface area contributed by atoms with E-state index in [-0.39, 0.29) is 10.8 Å². The van der Waals surface area contributed by atoms with E-state index in [0.29, 0.717) is 31.1 Å². The molecule has 3 aromatic rings. The lowest BCUT2D eigenvalue weighted by molar-refractivity contribution is -0.121. The van der Waals surface area contributed by atoms with Crippen LogP contribution in [0.2, 0.25) is 0 Å². The van der Waals surface area contributed by atoms with Crippen molar-refractivity contribution in [1.82, 2.24) is 14.2 Å². The summed E-state index contributed by atoms with van der Waals surface area (Å²) in [6, 6.07) is 10.2. The topological polar surface area (TPSA) is 73.8 Å². The Kier molecular flexibility index (Phi) is 7.61. The number of fused-ring (bicyclic) bond motifs is 1. The summed E-state index contributed by atoms with van der Waals surface area (Å²) in [5.41, 5.74) is 4.09. The highest BCUT2D eigenvalue weighted by atomic mass is 32.2. The van der Waals surface area contributed by atoms with Gasteiger partial charge in [0.25, 0.3) is 0 Å². The normalized spacial score (nSPS) is 16.9. The Morgan fingerprint density at radius 3 is 2.40 bits per heavy atom. The second-order valence-electron chi connectivity index (χ2n) is 9.61. The Morgan fingerprint density at radius 1 is 1.06 bits per heavy atom. The molecule has 1 aliphatic rings. The number of carbonyl (C=O) groups excluding carboxylic acids is 1. The molecule has 1 aromatic heterocycles. The van der Waals surface area contributed by atoms with Crippen molar-refractivity contribution in [3.8, 4) is 0 Å². The van der Waals surface area contributed by atoms with Crippen LogP contribution in [0.3, 0.4) is 0 Å². The van der Waals surface area contributed by atoms with Crippen LogP contribution < -0.4 is 4.90 Å². The van der Waals surface area contributed by atoms with Crippen LogP contribution in [0.1, 0.15) is 36.0 Å². The van der Waals surface area contributed by atoms with Crippen LogP contribution in [-0.4, -0.2) is 68.3 Å². The molecule has 1 unspecified atom stereocenters. The van der Waals surface area contributed by atoms with Crippen LogP contribution in [-0.2, 0) is 14.8 Å². The maximum atomic E-state index is 14.0. The van der Waals surface area contributed by atoms with Crippen LogP contribution in [0, 0.1) is 20.8 Å². The summed E-state index contributed by atoms with van der Waals surface area (Å²) in [5, 5.41) is 0.640. The number of amides is 1. The quantitative estimate of drug-likeness (QED) is 0.447. The first kappa shape index (κ1) is 25.8. The van der Waals surface area contributed by atoms with Crippen molar-refractivity contribution in [2.24, 2.45) is 0 Å². The van der Waals surface area contributed by atoms with Gasteiger partial charge in [0.15, 0.2) is 5.13 Å². The summed E-state index contributed by atoms with van der Waals surface area (Å²) in [4.78, 5) is 22.9. The Hall–Kier alpha value is -2.33. The minimum Gasteiger partial charge on any atom is -0.309 e. The molecule has 1 fully saturated rings. The fourth-order valence-electron chi connectivity index (χ4n) is 4.51. The van der Waals surface area contributed by atoms with Crippen LogP contribution >= 0.6 is 11.3 Å². The summed E-state index contributed by atoms with van der Waals surface area (Å²) < 4.78 is 29.4. The molecule has 1 atom stereocenters. The van der Waals surface area contributed by atoms with Gasteiger partial charge < -0.3 is 4.90 Å². The monoisotopic (exact) mass is 514 g/mol. The smallest absolute Gasteiger partial charge is 0.247 e. The summed E-state index contributed by atoms with van der Waals surface area (Å²) in [5.74, 6) is -0.189. The zero-order valence-corrected chi connectivity index (χ0v) is 22.7. The van der Waals surface area contributed by atoms with Gasteiger partial charge in [0, 0.05) is 13.1 Å². The summed E-state index contributed by atoms with van der Waals surface area (Å²) >= 11 is 1.51. The zero-order valence-electron chi connectivity index (χ0n) is 21.1. The molecule has 1 saturated heterocycles. The molecule has 1 amide bonds. The van der Waals surface area contributed by atoms with E-state index in [1.54, 1.807) is 29.2 Å². The molecule has 188 valence electrons. The van der Waals surface area contributed by atoms with E-state index in [2.05, 4.69) is 17.9 Å². The first-order valence-corrected chi connectivity index (χ1v) is 14.3. The summed E-state index contributed by atoms with van der Waals surface area (Å²) in [7, 11) is 0.230. The molecule has 0 saturated carbocycles. The molecule has 0 radical (unpaired) electrons. The highest BCUT2D eigenvalue weighted by Crippen LogP contribution is 2.35. The molecule has 0 spiro atoms. The maximum absolute atomic E-state index is 14.0. The number of aromatic nitrogens is 1. The third-order valence-corrected chi connectivity index (χ3v) is 9.67. The molecule has 9 heteroatoms. The van der Waals surface area contributed by atoms with E-state index in [9.17, 15) is 13.2 Å². The van der Waals surface area contributed by atoms with Crippen LogP contribution in [0.5, 0.6) is 0 Å². The van der Waals surface area contributed by atoms with Gasteiger partial charge in [-0.2, -0.15) is 4.31 Å². The van der Waals surface area contributed by atoms with Gasteiger partial charge >= 0.3 is 0 Å². The number of anilines is 1. The molecule has 1 aliphatic heterocycles. The average molecular weight is 515 g/mol. The Balaban J connectivity index is 1.69. The lowest BCUT2D eigenvalue weighted by atomic mass is 10.1. The average Bonchev–Trinajstić information content (AvgIpc) is 3.48. The van der Waals surface area contributed by atoms with Crippen molar-refractivity contribution in [3.05, 3.63) is 53.1 Å². The fourth-order valence-corrected chi connectivity index (χ4v) is 7.30. The summed E-state index contributed by atoms with van der Waals surface area (Å²) in [6.07, 6.45) is 1.94. The largest absolute Gasteiger partial charge is 0.309 e. The van der Waals surface area contributed by atoms with Gasteiger partial charge in [-0.15, -0.1) is 0 Å². The van der Waals surface area contributed by atoms with Gasteiger partial charge in [0.1, 0.15) is 6.04 Å². The highest BCUT2D eigenvalue weighted by Gasteiger charge is 2.42. The van der Waals surface area contributed by atoms with E-state index >= 15 is 0 Å². The van der Waals surface area contributed by atoms with Crippen molar-refractivity contribution >= 4 is 42.6 Å². The number of aryl methyl sites for hydroxylation is 3. The minimum absolute atomic E-state index is 0.189. The van der Waals surface area contributed by atoms with Gasteiger partial charge in [0.05, 0.1) is 15.1 Å². The first-order valence-electron chi connectivity index (χ1n) is 12.0. The van der Waals surface area contributed by atoms with Crippen molar-refractivity contribution in [1.29, 1.82) is 0 Å². The van der Waals surface area contributed by atoms with Gasteiger partial charge in [-0.3, -0.25) is 9.69 Å². The van der Waals surface area contributed by atoms with Crippen LogP contribution in [0.15, 0.2) is 41.3 Å². The molecule has 2 heterocycles. The van der Waals surface area contributed by atoms with E-state index < -0.39 is 16.1 Å². The Bertz CT molecular complexity index is 1280. The number of benzene rings is 2. The number of hydrogen-bond acceptors (Lipinski definition) is 6. The fraction of sp³-hybridized carbons (Fsp3) is 0.462. The van der Waals surface area contributed by atoms with Gasteiger partial charge in [-0.25, -0.2) is 13.4 Å². The predicted molar refractivity (Wildman–Crippen MR) is 143 cm³/mol. The number of carbonyl (C=O) groups is 1. The zero-order chi connectivity index (χ0) is 25.3. The number of rotatable bonds is 8. The molecular formula is C26H34N4O3S2. The predicted octanol–water partition coefficient (Wildman–Crippen LogP) is 4.36. The number of thiazole rings is 1.